The summed E-state index contributed by atoms with van der Waals surface area (Å²) in [5.41, 5.74) is 8.96. The molecule has 11 rings (SSSR count). The molecule has 0 aliphatic heterocycles. The third-order valence-corrected chi connectivity index (χ3v) is 10.9. The van der Waals surface area contributed by atoms with Crippen LogP contribution in [-0.4, -0.2) is 9.13 Å². The van der Waals surface area contributed by atoms with Gasteiger partial charge in [-0.05, 0) is 48.5 Å². The van der Waals surface area contributed by atoms with E-state index in [-0.39, 0.29) is 0 Å². The monoisotopic (exact) mass is 604 g/mol. The van der Waals surface area contributed by atoms with Gasteiger partial charge in [0.25, 0.3) is 0 Å². The number of thiophene rings is 1. The van der Waals surface area contributed by atoms with Crippen molar-refractivity contribution in [2.45, 2.75) is 0 Å². The number of benzene rings is 7. The van der Waals surface area contributed by atoms with Gasteiger partial charge in [-0.15, -0.1) is 11.3 Å². The topological polar surface area (TPSA) is 23.0 Å². The average molecular weight is 605 g/mol. The first-order chi connectivity index (χ1) is 22.8. The summed E-state index contributed by atoms with van der Waals surface area (Å²) < 4.78 is 14.0. The van der Waals surface area contributed by atoms with Gasteiger partial charge in [0.05, 0.1) is 43.5 Å². The Morgan fingerprint density at radius 1 is 0.391 bits per heavy atom. The van der Waals surface area contributed by atoms with Gasteiger partial charge in [0.2, 0.25) is 0 Å². The average Bonchev–Trinajstić information content (AvgIpc) is 3.85. The van der Waals surface area contributed by atoms with Crippen LogP contribution in [0.2, 0.25) is 0 Å². The van der Waals surface area contributed by atoms with Crippen molar-refractivity contribution in [3.8, 4) is 11.4 Å². The van der Waals surface area contributed by atoms with Crippen molar-refractivity contribution in [3.05, 3.63) is 146 Å². The van der Waals surface area contributed by atoms with Gasteiger partial charge < -0.3 is 13.6 Å². The number of nitrogens with zero attached hydrogens (tertiary/aromatic N) is 2. The fourth-order valence-corrected chi connectivity index (χ4v) is 9.08. The van der Waals surface area contributed by atoms with E-state index in [2.05, 4.69) is 149 Å². The predicted octanol–water partition coefficient (Wildman–Crippen LogP) is 12.1. The predicted molar refractivity (Wildman–Crippen MR) is 195 cm³/mol. The second-order valence-electron chi connectivity index (χ2n) is 12.1. The first kappa shape index (κ1) is 24.5. The Morgan fingerprint density at radius 2 is 1.04 bits per heavy atom. The molecule has 0 saturated heterocycles. The van der Waals surface area contributed by atoms with E-state index in [1.54, 1.807) is 0 Å². The van der Waals surface area contributed by atoms with E-state index >= 15 is 0 Å². The van der Waals surface area contributed by atoms with Gasteiger partial charge in [-0.3, -0.25) is 0 Å². The maximum absolute atomic E-state index is 6.38. The van der Waals surface area contributed by atoms with E-state index in [9.17, 15) is 0 Å². The smallest absolute Gasteiger partial charge is 0.137 e. The summed E-state index contributed by atoms with van der Waals surface area (Å²) in [6.45, 7) is 0. The molecule has 0 N–H and O–H groups in total. The van der Waals surface area contributed by atoms with Gasteiger partial charge in [0.1, 0.15) is 11.2 Å². The van der Waals surface area contributed by atoms with Gasteiger partial charge in [0.15, 0.2) is 0 Å². The molecule has 0 aliphatic carbocycles. The Hall–Kier alpha value is -5.84. The molecule has 0 spiro atoms. The number of rotatable bonds is 2. The number of para-hydroxylation sites is 3. The molecular weight excluding hydrogens is 581 g/mol. The van der Waals surface area contributed by atoms with Crippen molar-refractivity contribution in [2.24, 2.45) is 0 Å². The first-order valence-corrected chi connectivity index (χ1v) is 16.4. The molecule has 4 heterocycles. The lowest BCUT2D eigenvalue weighted by molar-refractivity contribution is 0.669. The highest BCUT2D eigenvalue weighted by atomic mass is 32.1. The quantitative estimate of drug-likeness (QED) is 0.192. The summed E-state index contributed by atoms with van der Waals surface area (Å²) >= 11 is 1.88. The molecule has 0 fully saturated rings. The Kier molecular flexibility index (Phi) is 4.72. The molecule has 0 saturated carbocycles. The number of fused-ring (bicyclic) bond motifs is 13. The maximum atomic E-state index is 6.38. The fourth-order valence-electron chi connectivity index (χ4n) is 7.87. The second-order valence-corrected chi connectivity index (χ2v) is 13.1. The lowest BCUT2D eigenvalue weighted by Crippen LogP contribution is -1.96. The van der Waals surface area contributed by atoms with Crippen LogP contribution in [0, 0.1) is 0 Å². The van der Waals surface area contributed by atoms with Crippen LogP contribution < -0.4 is 0 Å². The summed E-state index contributed by atoms with van der Waals surface area (Å²) in [6, 6.07) is 52.6. The minimum absolute atomic E-state index is 0.899. The molecule has 4 aromatic heterocycles. The Labute approximate surface area is 266 Å². The van der Waals surface area contributed by atoms with Gasteiger partial charge in [-0.2, -0.15) is 0 Å². The van der Waals surface area contributed by atoms with Gasteiger partial charge >= 0.3 is 0 Å². The van der Waals surface area contributed by atoms with Crippen molar-refractivity contribution >= 4 is 97.1 Å². The van der Waals surface area contributed by atoms with Crippen LogP contribution in [0.25, 0.3) is 97.1 Å². The first-order valence-electron chi connectivity index (χ1n) is 15.6. The third kappa shape index (κ3) is 3.06. The molecule has 3 nitrogen and oxygen atoms in total. The molecule has 0 bridgehead atoms. The third-order valence-electron chi connectivity index (χ3n) is 9.72. The molecule has 4 heteroatoms. The molecule has 0 atom stereocenters. The molecule has 7 aromatic carbocycles. The second kappa shape index (κ2) is 8.87. The molecular formula is C42H24N2OS. The van der Waals surface area contributed by atoms with Crippen molar-refractivity contribution in [3.63, 3.8) is 0 Å². The zero-order valence-corrected chi connectivity index (χ0v) is 25.4. The minimum atomic E-state index is 0.899. The van der Waals surface area contributed by atoms with Crippen LogP contribution in [0.1, 0.15) is 0 Å². The van der Waals surface area contributed by atoms with E-state index < -0.39 is 0 Å². The highest BCUT2D eigenvalue weighted by Crippen LogP contribution is 2.45. The maximum Gasteiger partial charge on any atom is 0.137 e. The SMILES string of the molecule is c1ccc2c(c1)oc1cccc(-n3c4ccccc4c4ccc5c(c6ccccc6n5-c5cccc6c5sc5ccccc56)c43)c12. The summed E-state index contributed by atoms with van der Waals surface area (Å²) in [7, 11) is 0. The van der Waals surface area contributed by atoms with Crippen LogP contribution in [-0.2, 0) is 0 Å². The Balaban J connectivity index is 1.36. The fraction of sp³-hybridized carbons (Fsp3) is 0. The molecule has 11 aromatic rings. The lowest BCUT2D eigenvalue weighted by Gasteiger charge is -2.11. The number of hydrogen-bond acceptors (Lipinski definition) is 2. The molecule has 0 aliphatic rings. The van der Waals surface area contributed by atoms with Crippen molar-refractivity contribution in [1.29, 1.82) is 0 Å². The van der Waals surface area contributed by atoms with Crippen LogP contribution in [0.5, 0.6) is 0 Å². The molecule has 214 valence electrons. The Morgan fingerprint density at radius 3 is 1.93 bits per heavy atom. The summed E-state index contributed by atoms with van der Waals surface area (Å²) in [6.07, 6.45) is 0. The number of hydrogen-bond donors (Lipinski definition) is 0. The normalized spacial score (nSPS) is 12.3. The van der Waals surface area contributed by atoms with E-state index in [1.807, 2.05) is 17.4 Å². The van der Waals surface area contributed by atoms with Gasteiger partial charge in [-0.25, -0.2) is 0 Å². The van der Waals surface area contributed by atoms with E-state index in [0.29, 0.717) is 0 Å². The minimum Gasteiger partial charge on any atom is -0.456 e. The molecule has 46 heavy (non-hydrogen) atoms. The van der Waals surface area contributed by atoms with E-state index in [1.165, 1.54) is 69.5 Å². The summed E-state index contributed by atoms with van der Waals surface area (Å²) in [4.78, 5) is 0. The number of aromatic nitrogens is 2. The summed E-state index contributed by atoms with van der Waals surface area (Å²) in [5.74, 6) is 0. The molecule has 0 radical (unpaired) electrons. The van der Waals surface area contributed by atoms with E-state index in [4.69, 9.17) is 4.42 Å². The zero-order chi connectivity index (χ0) is 29.9. The largest absolute Gasteiger partial charge is 0.456 e. The molecule has 0 unspecified atom stereocenters. The van der Waals surface area contributed by atoms with Crippen LogP contribution in [0.3, 0.4) is 0 Å². The van der Waals surface area contributed by atoms with E-state index in [0.717, 1.165) is 27.6 Å². The van der Waals surface area contributed by atoms with Crippen molar-refractivity contribution < 1.29 is 4.42 Å². The van der Waals surface area contributed by atoms with Crippen molar-refractivity contribution in [1.82, 2.24) is 9.13 Å². The van der Waals surface area contributed by atoms with Gasteiger partial charge in [-0.1, -0.05) is 97.1 Å². The molecule has 0 amide bonds. The van der Waals surface area contributed by atoms with Crippen LogP contribution in [0.15, 0.2) is 150 Å². The van der Waals surface area contributed by atoms with Crippen LogP contribution >= 0.6 is 11.3 Å². The number of furan rings is 1. The highest BCUT2D eigenvalue weighted by Gasteiger charge is 2.23. The lowest BCUT2D eigenvalue weighted by atomic mass is 10.1. The zero-order valence-electron chi connectivity index (χ0n) is 24.6. The Bertz CT molecular complexity index is 3040. The van der Waals surface area contributed by atoms with Gasteiger partial charge in [0, 0.05) is 42.4 Å². The summed E-state index contributed by atoms with van der Waals surface area (Å²) in [5, 5.41) is 9.87. The highest BCUT2D eigenvalue weighted by molar-refractivity contribution is 7.26. The standard InChI is InChI=1S/C42H24N2OS/c1-5-16-31-25(11-1)27-23-24-34-40(41(27)44(31)33-18-10-21-37-39(33)30-14-3-7-20-36(30)45-37)29-13-2-6-17-32(29)43(34)35-19-9-15-28-26-12-4-8-22-38(26)46-42(28)35/h1-24H. The van der Waals surface area contributed by atoms with Crippen molar-refractivity contribution in [2.75, 3.05) is 0 Å². The van der Waals surface area contributed by atoms with Crippen LogP contribution in [0.4, 0.5) is 0 Å².